The highest BCUT2D eigenvalue weighted by atomic mass is 32.2. The van der Waals surface area contributed by atoms with Gasteiger partial charge in [0, 0.05) is 25.2 Å². The summed E-state index contributed by atoms with van der Waals surface area (Å²) >= 11 is 0. The lowest BCUT2D eigenvalue weighted by atomic mass is 9.99. The Morgan fingerprint density at radius 3 is 2.80 bits per heavy atom. The molecule has 1 aromatic rings. The molecule has 1 saturated heterocycles. The third-order valence-electron chi connectivity index (χ3n) is 3.87. The summed E-state index contributed by atoms with van der Waals surface area (Å²) in [5.74, 6) is 1.22. The predicted molar refractivity (Wildman–Crippen MR) is 76.8 cm³/mol. The molecule has 20 heavy (non-hydrogen) atoms. The molecule has 0 spiro atoms. The lowest BCUT2D eigenvalue weighted by Crippen LogP contribution is -2.42. The lowest BCUT2D eigenvalue weighted by molar-refractivity contribution is 0.261. The Hall–Kier alpha value is -0.920. The molecule has 1 unspecified atom stereocenters. The van der Waals surface area contributed by atoms with Gasteiger partial charge in [-0.1, -0.05) is 5.16 Å². The first kappa shape index (κ1) is 15.5. The predicted octanol–water partition coefficient (Wildman–Crippen LogP) is 1.05. The van der Waals surface area contributed by atoms with Crippen molar-refractivity contribution in [2.75, 3.05) is 25.9 Å². The van der Waals surface area contributed by atoms with Gasteiger partial charge < -0.3 is 9.84 Å². The first-order valence-corrected chi connectivity index (χ1v) is 8.80. The van der Waals surface area contributed by atoms with Crippen LogP contribution in [0.25, 0.3) is 0 Å². The molecule has 2 rings (SSSR count). The highest BCUT2D eigenvalue weighted by molar-refractivity contribution is 7.88. The third-order valence-corrected chi connectivity index (χ3v) is 5.14. The van der Waals surface area contributed by atoms with E-state index in [4.69, 9.17) is 4.52 Å². The Balaban J connectivity index is 1.83. The van der Waals surface area contributed by atoms with Crippen LogP contribution >= 0.6 is 0 Å². The van der Waals surface area contributed by atoms with E-state index in [1.54, 1.807) is 4.31 Å². The van der Waals surface area contributed by atoms with Gasteiger partial charge in [-0.25, -0.2) is 12.7 Å². The second-order valence-electron chi connectivity index (χ2n) is 5.56. The number of nitrogens with zero attached hydrogens (tertiary/aromatic N) is 2. The Morgan fingerprint density at radius 2 is 2.20 bits per heavy atom. The van der Waals surface area contributed by atoms with E-state index < -0.39 is 10.0 Å². The van der Waals surface area contributed by atoms with E-state index in [9.17, 15) is 8.42 Å². The zero-order valence-corrected chi connectivity index (χ0v) is 13.2. The van der Waals surface area contributed by atoms with Crippen LogP contribution in [0.3, 0.4) is 0 Å². The fourth-order valence-electron chi connectivity index (χ4n) is 2.65. The average Bonchev–Trinajstić information content (AvgIpc) is 2.70. The number of hydrogen-bond acceptors (Lipinski definition) is 5. The second-order valence-corrected chi connectivity index (χ2v) is 7.55. The number of rotatable bonds is 5. The molecule has 0 aromatic carbocycles. The zero-order valence-electron chi connectivity index (χ0n) is 12.3. The minimum Gasteiger partial charge on any atom is -0.361 e. The molecule has 0 bridgehead atoms. The molecule has 114 valence electrons. The smallest absolute Gasteiger partial charge is 0.211 e. The Bertz CT molecular complexity index is 534. The van der Waals surface area contributed by atoms with Crippen LogP contribution in [0.4, 0.5) is 0 Å². The first-order valence-electron chi connectivity index (χ1n) is 6.95. The highest BCUT2D eigenvalue weighted by Gasteiger charge is 2.25. The number of aromatic nitrogens is 1. The fourth-order valence-corrected chi connectivity index (χ4v) is 3.59. The van der Waals surface area contributed by atoms with Crippen molar-refractivity contribution in [3.63, 3.8) is 0 Å². The fraction of sp³-hybridized carbons (Fsp3) is 0.769. The van der Waals surface area contributed by atoms with Crippen LogP contribution in [0.15, 0.2) is 4.52 Å². The molecule has 2 heterocycles. The van der Waals surface area contributed by atoms with Crippen molar-refractivity contribution in [1.82, 2.24) is 14.8 Å². The summed E-state index contributed by atoms with van der Waals surface area (Å²) in [5.41, 5.74) is 2.01. The summed E-state index contributed by atoms with van der Waals surface area (Å²) in [5, 5.41) is 7.31. The normalized spacial score (nSPS) is 21.2. The highest BCUT2D eigenvalue weighted by Crippen LogP contribution is 2.18. The van der Waals surface area contributed by atoms with E-state index in [1.165, 1.54) is 6.26 Å². The van der Waals surface area contributed by atoms with Gasteiger partial charge in [0.25, 0.3) is 0 Å². The number of nitrogens with one attached hydrogen (secondary N) is 1. The summed E-state index contributed by atoms with van der Waals surface area (Å²) < 4.78 is 29.8. The van der Waals surface area contributed by atoms with Crippen molar-refractivity contribution >= 4 is 10.0 Å². The number of aryl methyl sites for hydroxylation is 2. The quantitative estimate of drug-likeness (QED) is 0.880. The van der Waals surface area contributed by atoms with Crippen LogP contribution in [0.2, 0.25) is 0 Å². The van der Waals surface area contributed by atoms with Crippen molar-refractivity contribution in [3.05, 3.63) is 17.0 Å². The van der Waals surface area contributed by atoms with Crippen LogP contribution in [-0.4, -0.2) is 43.8 Å². The number of hydrogen-bond donors (Lipinski definition) is 1. The summed E-state index contributed by atoms with van der Waals surface area (Å²) in [6.45, 7) is 6.64. The van der Waals surface area contributed by atoms with Gasteiger partial charge in [-0.05, 0) is 39.2 Å². The number of piperidine rings is 1. The van der Waals surface area contributed by atoms with Crippen molar-refractivity contribution in [3.8, 4) is 0 Å². The van der Waals surface area contributed by atoms with Crippen LogP contribution < -0.4 is 5.32 Å². The minimum atomic E-state index is -3.06. The molecule has 0 saturated carbocycles. The lowest BCUT2D eigenvalue weighted by Gasteiger charge is -2.31. The van der Waals surface area contributed by atoms with E-state index >= 15 is 0 Å². The van der Waals surface area contributed by atoms with Crippen LogP contribution in [0, 0.1) is 19.8 Å². The maximum atomic E-state index is 11.6. The van der Waals surface area contributed by atoms with Crippen LogP contribution in [-0.2, 0) is 16.6 Å². The largest absolute Gasteiger partial charge is 0.361 e. The van der Waals surface area contributed by atoms with Crippen LogP contribution in [0.1, 0.15) is 29.9 Å². The maximum Gasteiger partial charge on any atom is 0.211 e. The van der Waals surface area contributed by atoms with Crippen molar-refractivity contribution in [2.45, 2.75) is 33.2 Å². The molecular weight excluding hydrogens is 278 g/mol. The van der Waals surface area contributed by atoms with Crippen LogP contribution in [0.5, 0.6) is 0 Å². The molecule has 1 N–H and O–H groups in total. The monoisotopic (exact) mass is 301 g/mol. The molecule has 1 fully saturated rings. The second kappa shape index (κ2) is 6.24. The maximum absolute atomic E-state index is 11.6. The van der Waals surface area contributed by atoms with Crippen molar-refractivity contribution in [1.29, 1.82) is 0 Å². The van der Waals surface area contributed by atoms with Gasteiger partial charge in [0.05, 0.1) is 11.9 Å². The molecule has 6 nitrogen and oxygen atoms in total. The van der Waals surface area contributed by atoms with Gasteiger partial charge in [0.1, 0.15) is 5.76 Å². The molecule has 1 aliphatic rings. The minimum absolute atomic E-state index is 0.374. The Kier molecular flexibility index (Phi) is 4.82. The SMILES string of the molecule is Cc1noc(C)c1CNCC1CCCN(S(C)(=O)=O)C1. The standard InChI is InChI=1S/C13H23N3O3S/c1-10-13(11(2)19-15-10)8-14-7-12-5-4-6-16(9-12)20(3,17)18/h12,14H,4-9H2,1-3H3. The van der Waals surface area contributed by atoms with Gasteiger partial charge in [-0.2, -0.15) is 0 Å². The molecule has 1 aromatic heterocycles. The summed E-state index contributed by atoms with van der Waals surface area (Å²) in [7, 11) is -3.06. The molecular formula is C13H23N3O3S. The Morgan fingerprint density at radius 1 is 1.45 bits per heavy atom. The third kappa shape index (κ3) is 3.80. The van der Waals surface area contributed by atoms with E-state index in [2.05, 4.69) is 10.5 Å². The first-order chi connectivity index (χ1) is 9.38. The molecule has 0 amide bonds. The molecule has 0 aliphatic carbocycles. The number of sulfonamides is 1. The van der Waals surface area contributed by atoms with Gasteiger partial charge >= 0.3 is 0 Å². The summed E-state index contributed by atoms with van der Waals surface area (Å²) in [6, 6.07) is 0. The van der Waals surface area contributed by atoms with Gasteiger partial charge in [-0.3, -0.25) is 0 Å². The van der Waals surface area contributed by atoms with E-state index in [0.29, 0.717) is 19.0 Å². The average molecular weight is 301 g/mol. The zero-order chi connectivity index (χ0) is 14.8. The Labute approximate surface area is 120 Å². The molecule has 1 aliphatic heterocycles. The molecule has 7 heteroatoms. The molecule has 0 radical (unpaired) electrons. The van der Waals surface area contributed by atoms with Gasteiger partial charge in [0.15, 0.2) is 0 Å². The molecule has 1 atom stereocenters. The van der Waals surface area contributed by atoms with Crippen molar-refractivity contribution in [2.24, 2.45) is 5.92 Å². The summed E-state index contributed by atoms with van der Waals surface area (Å²) in [6.07, 6.45) is 3.29. The summed E-state index contributed by atoms with van der Waals surface area (Å²) in [4.78, 5) is 0. The van der Waals surface area contributed by atoms with Crippen molar-refractivity contribution < 1.29 is 12.9 Å². The van der Waals surface area contributed by atoms with Gasteiger partial charge in [-0.15, -0.1) is 0 Å². The van der Waals surface area contributed by atoms with E-state index in [1.807, 2.05) is 13.8 Å². The topological polar surface area (TPSA) is 75.4 Å². The van der Waals surface area contributed by atoms with E-state index in [0.717, 1.165) is 42.9 Å². The van der Waals surface area contributed by atoms with Gasteiger partial charge in [0.2, 0.25) is 10.0 Å². The van der Waals surface area contributed by atoms with E-state index in [-0.39, 0.29) is 0 Å².